The van der Waals surface area contributed by atoms with Gasteiger partial charge in [-0.05, 0) is 61.0 Å². The second-order valence-electron chi connectivity index (χ2n) is 7.00. The summed E-state index contributed by atoms with van der Waals surface area (Å²) in [5.41, 5.74) is 6.75. The Morgan fingerprint density at radius 3 is 2.47 bits per heavy atom. The van der Waals surface area contributed by atoms with Crippen LogP contribution in [0.3, 0.4) is 0 Å². The molecule has 0 radical (unpaired) electrons. The van der Waals surface area contributed by atoms with E-state index in [2.05, 4.69) is 14.8 Å². The van der Waals surface area contributed by atoms with Crippen LogP contribution in [0.5, 0.6) is 5.75 Å². The first-order valence-corrected chi connectivity index (χ1v) is 9.86. The van der Waals surface area contributed by atoms with Crippen molar-refractivity contribution in [1.82, 2.24) is 14.8 Å². The van der Waals surface area contributed by atoms with Crippen LogP contribution >= 0.6 is 11.6 Å². The van der Waals surface area contributed by atoms with Crippen LogP contribution in [-0.2, 0) is 0 Å². The molecule has 0 aliphatic rings. The molecule has 2 aromatic carbocycles. The van der Waals surface area contributed by atoms with Gasteiger partial charge in [0.15, 0.2) is 0 Å². The third-order valence-corrected chi connectivity index (χ3v) is 4.89. The quantitative estimate of drug-likeness (QED) is 0.407. The van der Waals surface area contributed by atoms with E-state index in [1.807, 2.05) is 31.2 Å². The minimum atomic E-state index is -3.78. The summed E-state index contributed by atoms with van der Waals surface area (Å²) in [6.45, 7) is 1.96. The van der Waals surface area contributed by atoms with E-state index < -0.39 is 11.5 Å². The third-order valence-electron chi connectivity index (χ3n) is 4.81. The molecule has 0 aliphatic carbocycles. The molecule has 0 saturated carbocycles. The fourth-order valence-corrected chi connectivity index (χ4v) is 3.36. The van der Waals surface area contributed by atoms with Gasteiger partial charge in [-0.25, -0.2) is 4.68 Å². The number of hydrogen-bond acceptors (Lipinski definition) is 4. The molecule has 4 rings (SSSR count). The Hall–Kier alpha value is -3.78. The number of amides is 1. The van der Waals surface area contributed by atoms with Crippen LogP contribution in [0.2, 0.25) is 0 Å². The molecular weight excluding hydrogens is 438 g/mol. The fraction of sp³-hybridized carbons (Fsp3) is 0.0870. The Bertz CT molecular complexity index is 1270. The first-order valence-electron chi connectivity index (χ1n) is 9.49. The van der Waals surface area contributed by atoms with Gasteiger partial charge in [0, 0.05) is 28.9 Å². The van der Waals surface area contributed by atoms with Gasteiger partial charge in [-0.15, -0.1) is 8.78 Å². The van der Waals surface area contributed by atoms with E-state index in [9.17, 15) is 13.6 Å². The minimum absolute atomic E-state index is 0.0643. The Morgan fingerprint density at radius 2 is 1.84 bits per heavy atom. The number of carbonyl (C=O) groups excluding carboxylic acids is 1. The lowest BCUT2D eigenvalue weighted by molar-refractivity contribution is -0.0964. The first kappa shape index (κ1) is 21.5. The highest BCUT2D eigenvalue weighted by Gasteiger charge is 2.27. The summed E-state index contributed by atoms with van der Waals surface area (Å²) < 4.78 is 31.7. The van der Waals surface area contributed by atoms with Crippen molar-refractivity contribution in [2.45, 2.75) is 12.5 Å². The van der Waals surface area contributed by atoms with Crippen LogP contribution in [-0.4, -0.2) is 26.2 Å². The largest absolute Gasteiger partial charge is 0.487 e. The van der Waals surface area contributed by atoms with Gasteiger partial charge in [0.25, 0.3) is 0 Å². The highest BCUT2D eigenvalue weighted by molar-refractivity contribution is 6.20. The number of benzene rings is 2. The van der Waals surface area contributed by atoms with Crippen molar-refractivity contribution < 1.29 is 18.3 Å². The van der Waals surface area contributed by atoms with Crippen molar-refractivity contribution in [3.8, 4) is 34.0 Å². The summed E-state index contributed by atoms with van der Waals surface area (Å²) in [5.74, 6) is -0.602. The standard InChI is InChI=1S/C23H17ClF2N4O2/c1-14-2-3-15(12-19(14)20-9-4-16(13-28-20)22(27)31)21-10-11-29-30(21)17-5-7-18(8-6-17)32-23(24,25)26/h2-13H,1H3,(H2,27,31). The Balaban J connectivity index is 1.68. The lowest BCUT2D eigenvalue weighted by Crippen LogP contribution is -2.15. The van der Waals surface area contributed by atoms with E-state index in [0.717, 1.165) is 22.4 Å². The highest BCUT2D eigenvalue weighted by Crippen LogP contribution is 2.31. The number of primary amides is 1. The molecule has 4 aromatic rings. The molecule has 32 heavy (non-hydrogen) atoms. The van der Waals surface area contributed by atoms with Crippen molar-refractivity contribution in [2.24, 2.45) is 5.73 Å². The molecule has 2 heterocycles. The third kappa shape index (κ3) is 4.60. The summed E-state index contributed by atoms with van der Waals surface area (Å²) in [7, 11) is 0. The van der Waals surface area contributed by atoms with Crippen molar-refractivity contribution >= 4 is 17.5 Å². The van der Waals surface area contributed by atoms with Crippen LogP contribution in [0.15, 0.2) is 73.1 Å². The van der Waals surface area contributed by atoms with Crippen molar-refractivity contribution in [1.29, 1.82) is 0 Å². The number of aromatic nitrogens is 3. The molecule has 0 aliphatic heterocycles. The molecule has 0 unspecified atom stereocenters. The van der Waals surface area contributed by atoms with E-state index in [1.54, 1.807) is 35.1 Å². The Kier molecular flexibility index (Phi) is 5.63. The van der Waals surface area contributed by atoms with E-state index >= 15 is 0 Å². The second-order valence-corrected chi connectivity index (χ2v) is 7.44. The number of halogens is 3. The van der Waals surface area contributed by atoms with E-state index in [4.69, 9.17) is 17.3 Å². The first-order chi connectivity index (χ1) is 15.2. The SMILES string of the molecule is Cc1ccc(-c2ccnn2-c2ccc(OC(F)(F)Cl)cc2)cc1-c1ccc(C(N)=O)cn1. The average molecular weight is 455 g/mol. The number of alkyl halides is 3. The number of rotatable bonds is 6. The zero-order valence-electron chi connectivity index (χ0n) is 16.8. The van der Waals surface area contributed by atoms with Gasteiger partial charge in [-0.2, -0.15) is 5.10 Å². The number of ether oxygens (including phenoxy) is 1. The van der Waals surface area contributed by atoms with Gasteiger partial charge in [0.2, 0.25) is 5.91 Å². The predicted molar refractivity (Wildman–Crippen MR) is 117 cm³/mol. The van der Waals surface area contributed by atoms with Gasteiger partial charge in [-0.3, -0.25) is 9.78 Å². The summed E-state index contributed by atoms with van der Waals surface area (Å²) in [5, 5.41) is 4.36. The number of pyridine rings is 1. The second kappa shape index (κ2) is 8.39. The molecule has 0 saturated heterocycles. The van der Waals surface area contributed by atoms with Crippen LogP contribution in [0, 0.1) is 6.92 Å². The summed E-state index contributed by atoms with van der Waals surface area (Å²) in [6.07, 6.45) is 3.09. The molecule has 0 spiro atoms. The van der Waals surface area contributed by atoms with Gasteiger partial charge >= 0.3 is 5.57 Å². The predicted octanol–water partition coefficient (Wildman–Crippen LogP) is 5.18. The molecule has 0 bridgehead atoms. The molecular formula is C23H17ClF2N4O2. The van der Waals surface area contributed by atoms with E-state index in [1.165, 1.54) is 18.3 Å². The molecule has 0 fully saturated rings. The van der Waals surface area contributed by atoms with Gasteiger partial charge in [0.05, 0.1) is 28.8 Å². The highest BCUT2D eigenvalue weighted by atomic mass is 35.5. The normalized spacial score (nSPS) is 11.4. The number of nitrogens with zero attached hydrogens (tertiary/aromatic N) is 3. The fourth-order valence-electron chi connectivity index (χ4n) is 3.27. The maximum atomic E-state index is 12.8. The number of aryl methyl sites for hydroxylation is 1. The van der Waals surface area contributed by atoms with Crippen molar-refractivity contribution in [3.63, 3.8) is 0 Å². The number of nitrogens with two attached hydrogens (primary N) is 1. The van der Waals surface area contributed by atoms with Gasteiger partial charge < -0.3 is 10.5 Å². The lowest BCUT2D eigenvalue weighted by atomic mass is 10.00. The molecule has 6 nitrogen and oxygen atoms in total. The van der Waals surface area contributed by atoms with Crippen LogP contribution < -0.4 is 10.5 Å². The molecule has 2 aromatic heterocycles. The van der Waals surface area contributed by atoms with Crippen LogP contribution in [0.4, 0.5) is 8.78 Å². The number of carbonyl (C=O) groups is 1. The van der Waals surface area contributed by atoms with Crippen LogP contribution in [0.1, 0.15) is 15.9 Å². The van der Waals surface area contributed by atoms with Gasteiger partial charge in [-0.1, -0.05) is 12.1 Å². The summed E-state index contributed by atoms with van der Waals surface area (Å²) in [4.78, 5) is 15.7. The Morgan fingerprint density at radius 1 is 1.09 bits per heavy atom. The van der Waals surface area contributed by atoms with Gasteiger partial charge in [0.1, 0.15) is 5.75 Å². The Labute approximate surface area is 187 Å². The average Bonchev–Trinajstić information content (AvgIpc) is 3.23. The lowest BCUT2D eigenvalue weighted by Gasteiger charge is -2.13. The van der Waals surface area contributed by atoms with E-state index in [-0.39, 0.29) is 5.75 Å². The summed E-state index contributed by atoms with van der Waals surface area (Å²) in [6, 6.07) is 17.1. The van der Waals surface area contributed by atoms with Crippen molar-refractivity contribution in [3.05, 3.63) is 84.2 Å². The van der Waals surface area contributed by atoms with Crippen LogP contribution in [0.25, 0.3) is 28.2 Å². The smallest absolute Gasteiger partial charge is 0.420 e. The zero-order valence-corrected chi connectivity index (χ0v) is 17.6. The van der Waals surface area contributed by atoms with E-state index in [0.29, 0.717) is 16.9 Å². The van der Waals surface area contributed by atoms with Crippen molar-refractivity contribution in [2.75, 3.05) is 0 Å². The maximum Gasteiger partial charge on any atom is 0.487 e. The summed E-state index contributed by atoms with van der Waals surface area (Å²) >= 11 is 4.81. The molecule has 0 atom stereocenters. The maximum absolute atomic E-state index is 12.8. The zero-order chi connectivity index (χ0) is 22.9. The molecule has 1 amide bonds. The monoisotopic (exact) mass is 454 g/mol. The topological polar surface area (TPSA) is 83.0 Å². The molecule has 2 N–H and O–H groups in total. The molecule has 9 heteroatoms. The minimum Gasteiger partial charge on any atom is -0.420 e. The molecule has 162 valence electrons. The number of hydrogen-bond donors (Lipinski definition) is 1.